The number of carboxylic acids is 1. The molecule has 1 heterocycles. The number of nitrogens with zero attached hydrogens (tertiary/aromatic N) is 2. The van der Waals surface area contributed by atoms with Gasteiger partial charge in [-0.25, -0.2) is 4.98 Å². The Bertz CT molecular complexity index is 633. The number of hydrogen-bond donors (Lipinski definition) is 1. The molecule has 0 unspecified atom stereocenters. The maximum absolute atomic E-state index is 11.5. The van der Waals surface area contributed by atoms with Gasteiger partial charge in [-0.3, -0.25) is 9.59 Å². The highest BCUT2D eigenvalue weighted by atomic mass is 16.4. The van der Waals surface area contributed by atoms with Gasteiger partial charge in [0.2, 0.25) is 5.91 Å². The van der Waals surface area contributed by atoms with E-state index in [2.05, 4.69) is 4.98 Å². The minimum atomic E-state index is -1.13. The van der Waals surface area contributed by atoms with Crippen LogP contribution in [0.4, 0.5) is 0 Å². The molecule has 0 spiro atoms. The number of aryl methyl sites for hydroxylation is 1. The summed E-state index contributed by atoms with van der Waals surface area (Å²) in [4.78, 5) is 27.6. The first-order valence-electron chi connectivity index (χ1n) is 5.77. The van der Waals surface area contributed by atoms with E-state index in [-0.39, 0.29) is 0 Å². The van der Waals surface area contributed by atoms with Gasteiger partial charge in [0, 0.05) is 20.5 Å². The van der Waals surface area contributed by atoms with Crippen LogP contribution in [0.3, 0.4) is 0 Å². The fourth-order valence-electron chi connectivity index (χ4n) is 1.81. The highest BCUT2D eigenvalue weighted by Gasteiger charge is 2.13. The highest BCUT2D eigenvalue weighted by Crippen LogP contribution is 2.17. The summed E-state index contributed by atoms with van der Waals surface area (Å²) in [5.74, 6) is -0.967. The lowest BCUT2D eigenvalue weighted by atomic mass is 10.2. The van der Waals surface area contributed by atoms with E-state index in [1.807, 2.05) is 12.1 Å². The fourth-order valence-corrected chi connectivity index (χ4v) is 1.81. The van der Waals surface area contributed by atoms with Gasteiger partial charge in [0.15, 0.2) is 11.5 Å². The molecule has 1 N–H and O–H groups in total. The summed E-state index contributed by atoms with van der Waals surface area (Å²) < 4.78 is 5.36. The zero-order chi connectivity index (χ0) is 14.0. The summed E-state index contributed by atoms with van der Waals surface area (Å²) in [6.07, 6.45) is -0.498. The molecule has 0 aliphatic heterocycles. The molecule has 1 amide bonds. The molecule has 0 aliphatic rings. The number of carboxylic acid groups (broad SMARTS) is 1. The lowest BCUT2D eigenvalue weighted by Gasteiger charge is -2.16. The number of benzene rings is 1. The van der Waals surface area contributed by atoms with Gasteiger partial charge in [0.1, 0.15) is 11.9 Å². The van der Waals surface area contributed by atoms with Gasteiger partial charge >= 0.3 is 5.97 Å². The summed E-state index contributed by atoms with van der Waals surface area (Å²) in [6.45, 7) is 2.11. The first kappa shape index (κ1) is 13.1. The molecule has 0 saturated heterocycles. The van der Waals surface area contributed by atoms with Crippen molar-refractivity contribution in [2.45, 2.75) is 19.9 Å². The number of carbonyl (C=O) groups excluding carboxylic acids is 1. The summed E-state index contributed by atoms with van der Waals surface area (Å²) >= 11 is 0. The second kappa shape index (κ2) is 5.09. The molecule has 0 bridgehead atoms. The summed E-state index contributed by atoms with van der Waals surface area (Å²) in [6, 6.07) is 5.45. The maximum Gasteiger partial charge on any atom is 0.312 e. The Morgan fingerprint density at radius 3 is 2.84 bits per heavy atom. The van der Waals surface area contributed by atoms with Crippen molar-refractivity contribution < 1.29 is 19.1 Å². The van der Waals surface area contributed by atoms with Gasteiger partial charge in [-0.1, -0.05) is 6.07 Å². The molecule has 100 valence electrons. The van der Waals surface area contributed by atoms with Crippen molar-refractivity contribution in [2.24, 2.45) is 0 Å². The molecular weight excluding hydrogens is 248 g/mol. The number of aromatic nitrogens is 1. The van der Waals surface area contributed by atoms with Crippen LogP contribution in [0.25, 0.3) is 11.1 Å². The smallest absolute Gasteiger partial charge is 0.312 e. The predicted octanol–water partition coefficient (Wildman–Crippen LogP) is 1.57. The van der Waals surface area contributed by atoms with Crippen LogP contribution in [0.2, 0.25) is 0 Å². The average Bonchev–Trinajstić information content (AvgIpc) is 2.67. The molecule has 6 heteroatoms. The molecule has 1 aromatic carbocycles. The quantitative estimate of drug-likeness (QED) is 0.845. The van der Waals surface area contributed by atoms with Crippen LogP contribution < -0.4 is 0 Å². The van der Waals surface area contributed by atoms with Crippen molar-refractivity contribution in [1.82, 2.24) is 9.88 Å². The van der Waals surface area contributed by atoms with Gasteiger partial charge in [0.25, 0.3) is 0 Å². The number of rotatable bonds is 4. The summed E-state index contributed by atoms with van der Waals surface area (Å²) in [7, 11) is 1.57. The number of carbonyl (C=O) groups is 2. The van der Waals surface area contributed by atoms with E-state index in [9.17, 15) is 9.59 Å². The van der Waals surface area contributed by atoms with E-state index in [1.54, 1.807) is 20.0 Å². The van der Waals surface area contributed by atoms with Crippen LogP contribution >= 0.6 is 0 Å². The molecule has 2 aromatic rings. The van der Waals surface area contributed by atoms with E-state index in [0.717, 1.165) is 11.1 Å². The second-order valence-corrected chi connectivity index (χ2v) is 4.36. The number of fused-ring (bicyclic) bond motifs is 1. The van der Waals surface area contributed by atoms with E-state index in [1.165, 1.54) is 4.90 Å². The Morgan fingerprint density at radius 1 is 1.42 bits per heavy atom. The van der Waals surface area contributed by atoms with Crippen molar-refractivity contribution in [3.8, 4) is 0 Å². The molecule has 0 fully saturated rings. The van der Waals surface area contributed by atoms with E-state index >= 15 is 0 Å². The van der Waals surface area contributed by atoms with E-state index in [0.29, 0.717) is 18.0 Å². The Morgan fingerprint density at radius 2 is 2.16 bits per heavy atom. The molecule has 1 aromatic heterocycles. The Balaban J connectivity index is 2.12. The topological polar surface area (TPSA) is 83.6 Å². The van der Waals surface area contributed by atoms with Gasteiger partial charge in [-0.15, -0.1) is 0 Å². The van der Waals surface area contributed by atoms with Gasteiger partial charge in [-0.2, -0.15) is 0 Å². The first-order chi connectivity index (χ1) is 8.95. The lowest BCUT2D eigenvalue weighted by Crippen LogP contribution is -2.28. The molecular formula is C13H14N2O4. The zero-order valence-corrected chi connectivity index (χ0v) is 10.7. The van der Waals surface area contributed by atoms with Crippen molar-refractivity contribution in [2.75, 3.05) is 7.05 Å². The number of aliphatic carboxylic acids is 1. The monoisotopic (exact) mass is 262 g/mol. The molecule has 0 atom stereocenters. The van der Waals surface area contributed by atoms with Crippen molar-refractivity contribution in [1.29, 1.82) is 0 Å². The van der Waals surface area contributed by atoms with E-state index in [4.69, 9.17) is 9.52 Å². The molecule has 2 rings (SSSR count). The van der Waals surface area contributed by atoms with Crippen LogP contribution in [-0.4, -0.2) is 33.9 Å². The van der Waals surface area contributed by atoms with Crippen LogP contribution in [0.15, 0.2) is 22.6 Å². The van der Waals surface area contributed by atoms with Crippen molar-refractivity contribution >= 4 is 23.0 Å². The third-order valence-corrected chi connectivity index (χ3v) is 2.71. The Kier molecular flexibility index (Phi) is 3.50. The maximum atomic E-state index is 11.5. The third-order valence-electron chi connectivity index (χ3n) is 2.71. The zero-order valence-electron chi connectivity index (χ0n) is 10.7. The van der Waals surface area contributed by atoms with Crippen LogP contribution in [-0.2, 0) is 16.1 Å². The van der Waals surface area contributed by atoms with Crippen molar-refractivity contribution in [3.05, 3.63) is 29.7 Å². The highest BCUT2D eigenvalue weighted by molar-refractivity contribution is 5.93. The summed E-state index contributed by atoms with van der Waals surface area (Å²) in [5.41, 5.74) is 2.30. The predicted molar refractivity (Wildman–Crippen MR) is 67.5 cm³/mol. The molecule has 6 nitrogen and oxygen atoms in total. The Hall–Kier alpha value is -2.37. The van der Waals surface area contributed by atoms with Crippen LogP contribution in [0, 0.1) is 6.92 Å². The first-order valence-corrected chi connectivity index (χ1v) is 5.77. The lowest BCUT2D eigenvalue weighted by molar-refractivity contribution is -0.143. The number of amides is 1. The van der Waals surface area contributed by atoms with Gasteiger partial charge in [-0.05, 0) is 17.7 Å². The second-order valence-electron chi connectivity index (χ2n) is 4.36. The number of oxazole rings is 1. The number of hydrogen-bond acceptors (Lipinski definition) is 4. The van der Waals surface area contributed by atoms with Gasteiger partial charge in [0.05, 0.1) is 0 Å². The summed E-state index contributed by atoms with van der Waals surface area (Å²) in [5, 5.41) is 8.57. The normalized spacial score (nSPS) is 10.6. The van der Waals surface area contributed by atoms with Crippen LogP contribution in [0.5, 0.6) is 0 Å². The third kappa shape index (κ3) is 3.09. The Labute approximate surface area is 109 Å². The minimum absolute atomic E-state index is 0.341. The standard InChI is InChI=1S/C13H14N2O4/c1-8-14-10-5-9(3-4-11(10)19-8)7-15(2)12(16)6-13(17)18/h3-5H,6-7H2,1-2H3,(H,17,18). The molecule has 0 aliphatic carbocycles. The average molecular weight is 262 g/mol. The molecule has 19 heavy (non-hydrogen) atoms. The fraction of sp³-hybridized carbons (Fsp3) is 0.308. The molecule has 0 radical (unpaired) electrons. The van der Waals surface area contributed by atoms with Gasteiger partial charge < -0.3 is 14.4 Å². The van der Waals surface area contributed by atoms with E-state index < -0.39 is 18.3 Å². The van der Waals surface area contributed by atoms with Crippen LogP contribution in [0.1, 0.15) is 17.9 Å². The minimum Gasteiger partial charge on any atom is -0.481 e. The largest absolute Gasteiger partial charge is 0.481 e. The SMILES string of the molecule is Cc1nc2cc(CN(C)C(=O)CC(=O)O)ccc2o1. The van der Waals surface area contributed by atoms with Crippen molar-refractivity contribution in [3.63, 3.8) is 0 Å². The molecule has 0 saturated carbocycles.